The number of hydrogen-bond donors (Lipinski definition) is 2. The van der Waals surface area contributed by atoms with Crippen LogP contribution in [0.25, 0.3) is 11.3 Å². The summed E-state index contributed by atoms with van der Waals surface area (Å²) in [6.45, 7) is 0. The molecule has 2 N–H and O–H groups in total. The summed E-state index contributed by atoms with van der Waals surface area (Å²) in [6.07, 6.45) is 10.6. The van der Waals surface area contributed by atoms with E-state index in [0.717, 1.165) is 17.7 Å². The lowest BCUT2D eigenvalue weighted by Gasteiger charge is -2.22. The lowest BCUT2D eigenvalue weighted by atomic mass is 9.96. The molecular formula is C26H25FN6OS. The SMILES string of the molecule is Fc1cc(NSc2ccccc2)ccc1Oc1ncncc1-c1ccnc(NC2CCCCC2)n1. The minimum Gasteiger partial charge on any atom is -0.435 e. The predicted octanol–water partition coefficient (Wildman–Crippen LogP) is 6.73. The lowest BCUT2D eigenvalue weighted by molar-refractivity contribution is 0.428. The molecule has 0 unspecified atom stereocenters. The zero-order valence-electron chi connectivity index (χ0n) is 19.0. The molecule has 0 saturated heterocycles. The first-order valence-electron chi connectivity index (χ1n) is 11.6. The highest BCUT2D eigenvalue weighted by Crippen LogP contribution is 2.33. The first-order chi connectivity index (χ1) is 17.2. The fraction of sp³-hybridized carbons (Fsp3) is 0.231. The quantitative estimate of drug-likeness (QED) is 0.264. The number of nitrogens with one attached hydrogen (secondary N) is 2. The Morgan fingerprint density at radius 3 is 2.66 bits per heavy atom. The summed E-state index contributed by atoms with van der Waals surface area (Å²) in [7, 11) is 0. The van der Waals surface area contributed by atoms with E-state index in [9.17, 15) is 4.39 Å². The third-order valence-electron chi connectivity index (χ3n) is 5.71. The van der Waals surface area contributed by atoms with Gasteiger partial charge >= 0.3 is 0 Å². The van der Waals surface area contributed by atoms with E-state index in [4.69, 9.17) is 4.74 Å². The van der Waals surface area contributed by atoms with Gasteiger partial charge in [0.05, 0.1) is 11.3 Å². The molecule has 1 fully saturated rings. The number of hydrogen-bond acceptors (Lipinski definition) is 8. The molecule has 0 spiro atoms. The Labute approximate surface area is 207 Å². The van der Waals surface area contributed by atoms with Crippen LogP contribution in [0.2, 0.25) is 0 Å². The van der Waals surface area contributed by atoms with Crippen LogP contribution in [0.5, 0.6) is 11.6 Å². The van der Waals surface area contributed by atoms with E-state index < -0.39 is 5.82 Å². The average molecular weight is 489 g/mol. The van der Waals surface area contributed by atoms with Crippen molar-refractivity contribution in [3.8, 4) is 22.9 Å². The number of nitrogens with zero attached hydrogens (tertiary/aromatic N) is 4. The zero-order valence-corrected chi connectivity index (χ0v) is 19.8. The number of aromatic nitrogens is 4. The Kier molecular flexibility index (Phi) is 7.33. The lowest BCUT2D eigenvalue weighted by Crippen LogP contribution is -2.23. The molecule has 0 radical (unpaired) electrons. The van der Waals surface area contributed by atoms with E-state index in [1.807, 2.05) is 30.3 Å². The van der Waals surface area contributed by atoms with Crippen molar-refractivity contribution in [1.29, 1.82) is 0 Å². The van der Waals surface area contributed by atoms with Crippen molar-refractivity contribution in [2.45, 2.75) is 43.0 Å². The second-order valence-corrected chi connectivity index (χ2v) is 9.13. The molecule has 178 valence electrons. The Hall–Kier alpha value is -3.72. The number of rotatable bonds is 8. The molecule has 0 bridgehead atoms. The van der Waals surface area contributed by atoms with Gasteiger partial charge in [-0.15, -0.1) is 0 Å². The minimum absolute atomic E-state index is 0.0646. The van der Waals surface area contributed by atoms with E-state index >= 15 is 0 Å². The molecule has 1 aliphatic carbocycles. The van der Waals surface area contributed by atoms with Crippen molar-refractivity contribution in [1.82, 2.24) is 19.9 Å². The van der Waals surface area contributed by atoms with Crippen LogP contribution in [0.15, 0.2) is 78.2 Å². The van der Waals surface area contributed by atoms with Crippen molar-refractivity contribution in [2.75, 3.05) is 10.0 Å². The first kappa shape index (κ1) is 23.0. The first-order valence-corrected chi connectivity index (χ1v) is 12.4. The summed E-state index contributed by atoms with van der Waals surface area (Å²) < 4.78 is 23.9. The van der Waals surface area contributed by atoms with Crippen LogP contribution in [-0.2, 0) is 0 Å². The maximum atomic E-state index is 14.9. The van der Waals surface area contributed by atoms with Gasteiger partial charge in [-0.25, -0.2) is 24.3 Å². The summed E-state index contributed by atoms with van der Waals surface area (Å²) in [6, 6.07) is 16.7. The normalized spacial score (nSPS) is 13.9. The molecule has 7 nitrogen and oxygen atoms in total. The highest BCUT2D eigenvalue weighted by atomic mass is 32.2. The Bertz CT molecular complexity index is 1270. The van der Waals surface area contributed by atoms with Gasteiger partial charge in [0.15, 0.2) is 11.6 Å². The van der Waals surface area contributed by atoms with E-state index in [1.165, 1.54) is 43.6 Å². The Morgan fingerprint density at radius 2 is 1.83 bits per heavy atom. The van der Waals surface area contributed by atoms with Crippen LogP contribution in [0.3, 0.4) is 0 Å². The fourth-order valence-corrected chi connectivity index (χ4v) is 4.60. The summed E-state index contributed by atoms with van der Waals surface area (Å²) in [5.41, 5.74) is 1.79. The van der Waals surface area contributed by atoms with E-state index in [2.05, 4.69) is 30.0 Å². The zero-order chi connectivity index (χ0) is 23.9. The summed E-state index contributed by atoms with van der Waals surface area (Å²) in [4.78, 5) is 18.4. The topological polar surface area (TPSA) is 84.8 Å². The van der Waals surface area contributed by atoms with Gasteiger partial charge in [0, 0.05) is 35.1 Å². The van der Waals surface area contributed by atoms with Gasteiger partial charge in [-0.1, -0.05) is 37.5 Å². The number of anilines is 2. The molecule has 2 aromatic heterocycles. The van der Waals surface area contributed by atoms with E-state index in [1.54, 1.807) is 30.6 Å². The predicted molar refractivity (Wildman–Crippen MR) is 136 cm³/mol. The smallest absolute Gasteiger partial charge is 0.231 e. The average Bonchev–Trinajstić information content (AvgIpc) is 2.90. The standard InChI is InChI=1S/C26H25FN6OS/c27-22-15-19(33-35-20-9-5-2-6-10-20)11-12-24(22)34-25-21(16-28-17-30-25)23-13-14-29-26(32-23)31-18-7-3-1-4-8-18/h2,5-6,9-18,33H,1,3-4,7-8H2,(H,29,31,32). The van der Waals surface area contributed by atoms with Crippen molar-refractivity contribution >= 4 is 23.6 Å². The van der Waals surface area contributed by atoms with Gasteiger partial charge in [-0.2, -0.15) is 0 Å². The monoisotopic (exact) mass is 488 g/mol. The van der Waals surface area contributed by atoms with Crippen LogP contribution in [0, 0.1) is 5.82 Å². The molecular weight excluding hydrogens is 463 g/mol. The largest absolute Gasteiger partial charge is 0.435 e. The van der Waals surface area contributed by atoms with E-state index in [-0.39, 0.29) is 11.6 Å². The van der Waals surface area contributed by atoms with Gasteiger partial charge < -0.3 is 14.8 Å². The van der Waals surface area contributed by atoms with Crippen molar-refractivity contribution in [3.63, 3.8) is 0 Å². The summed E-state index contributed by atoms with van der Waals surface area (Å²) in [5.74, 6) is 0.340. The fourth-order valence-electron chi connectivity index (χ4n) is 3.94. The van der Waals surface area contributed by atoms with Crippen molar-refractivity contribution in [2.24, 2.45) is 0 Å². The second kappa shape index (κ2) is 11.1. The molecule has 4 aromatic rings. The molecule has 0 atom stereocenters. The molecule has 2 aromatic carbocycles. The summed E-state index contributed by atoms with van der Waals surface area (Å²) in [5, 5.41) is 3.43. The highest BCUT2D eigenvalue weighted by molar-refractivity contribution is 8.00. The molecule has 5 rings (SSSR count). The third kappa shape index (κ3) is 6.05. The number of halogens is 1. The molecule has 0 aliphatic heterocycles. The second-order valence-electron chi connectivity index (χ2n) is 8.25. The molecule has 0 amide bonds. The van der Waals surface area contributed by atoms with Crippen LogP contribution >= 0.6 is 11.9 Å². The maximum absolute atomic E-state index is 14.9. The molecule has 2 heterocycles. The van der Waals surface area contributed by atoms with Gasteiger partial charge in [0.2, 0.25) is 11.8 Å². The maximum Gasteiger partial charge on any atom is 0.231 e. The summed E-state index contributed by atoms with van der Waals surface area (Å²) >= 11 is 1.41. The minimum atomic E-state index is -0.504. The van der Waals surface area contributed by atoms with Gasteiger partial charge in [0.25, 0.3) is 0 Å². The van der Waals surface area contributed by atoms with Gasteiger partial charge in [0.1, 0.15) is 6.33 Å². The number of benzene rings is 2. The van der Waals surface area contributed by atoms with Gasteiger partial charge in [-0.05, 0) is 55.1 Å². The Balaban J connectivity index is 1.31. The third-order valence-corrected chi connectivity index (χ3v) is 6.56. The van der Waals surface area contributed by atoms with Crippen LogP contribution < -0.4 is 14.8 Å². The van der Waals surface area contributed by atoms with Crippen LogP contribution in [-0.4, -0.2) is 26.0 Å². The molecule has 9 heteroatoms. The highest BCUT2D eigenvalue weighted by Gasteiger charge is 2.17. The van der Waals surface area contributed by atoms with Crippen molar-refractivity contribution < 1.29 is 9.13 Å². The van der Waals surface area contributed by atoms with Gasteiger partial charge in [-0.3, -0.25) is 0 Å². The molecule has 35 heavy (non-hydrogen) atoms. The Morgan fingerprint density at radius 1 is 0.971 bits per heavy atom. The number of ether oxygens (including phenoxy) is 1. The molecule has 1 saturated carbocycles. The van der Waals surface area contributed by atoms with E-state index in [0.29, 0.717) is 28.9 Å². The van der Waals surface area contributed by atoms with Crippen molar-refractivity contribution in [3.05, 3.63) is 79.1 Å². The van der Waals surface area contributed by atoms with Crippen LogP contribution in [0.4, 0.5) is 16.0 Å². The molecule has 1 aliphatic rings. The van der Waals surface area contributed by atoms with Crippen LogP contribution in [0.1, 0.15) is 32.1 Å².